The predicted octanol–water partition coefficient (Wildman–Crippen LogP) is 1.87. The van der Waals surface area contributed by atoms with Gasteiger partial charge in [0.1, 0.15) is 29.0 Å². The average Bonchev–Trinajstić information content (AvgIpc) is 3.08. The molecule has 2 unspecified atom stereocenters. The number of benzene rings is 1. The van der Waals surface area contributed by atoms with Crippen LogP contribution >= 0.6 is 0 Å². The van der Waals surface area contributed by atoms with E-state index in [1.54, 1.807) is 0 Å². The zero-order chi connectivity index (χ0) is 15.0. The molecule has 4 nitrogen and oxygen atoms in total. The molecule has 21 heavy (non-hydrogen) atoms. The van der Waals surface area contributed by atoms with Gasteiger partial charge in [-0.25, -0.2) is 8.78 Å². The van der Waals surface area contributed by atoms with Crippen LogP contribution in [0.25, 0.3) is 0 Å². The molecule has 1 amide bonds. The van der Waals surface area contributed by atoms with Gasteiger partial charge >= 0.3 is 0 Å². The Balaban J connectivity index is 1.69. The van der Waals surface area contributed by atoms with E-state index in [9.17, 15) is 13.6 Å². The summed E-state index contributed by atoms with van der Waals surface area (Å²) in [5.41, 5.74) is 4.78. The van der Waals surface area contributed by atoms with Crippen LogP contribution in [0.4, 0.5) is 8.78 Å². The van der Waals surface area contributed by atoms with Gasteiger partial charge in [0.05, 0.1) is 0 Å². The Labute approximate surface area is 121 Å². The van der Waals surface area contributed by atoms with Crippen molar-refractivity contribution >= 4 is 5.91 Å². The van der Waals surface area contributed by atoms with Gasteiger partial charge in [-0.15, -0.1) is 0 Å². The highest BCUT2D eigenvalue weighted by Gasteiger charge is 2.47. The van der Waals surface area contributed by atoms with E-state index >= 15 is 0 Å². The van der Waals surface area contributed by atoms with Crippen molar-refractivity contribution in [2.75, 3.05) is 0 Å². The summed E-state index contributed by atoms with van der Waals surface area (Å²) in [5, 5.41) is 3.30. The summed E-state index contributed by atoms with van der Waals surface area (Å²) < 4.78 is 31.9. The topological polar surface area (TPSA) is 64.4 Å². The fraction of sp³-hybridized carbons (Fsp3) is 0.533. The molecule has 0 aliphatic heterocycles. The van der Waals surface area contributed by atoms with Crippen LogP contribution in [0.15, 0.2) is 18.2 Å². The second kappa shape index (κ2) is 5.26. The number of hydrogen-bond donors (Lipinski definition) is 2. The van der Waals surface area contributed by atoms with E-state index in [0.717, 1.165) is 31.0 Å². The molecular formula is C15H18F2N2O2. The summed E-state index contributed by atoms with van der Waals surface area (Å²) in [4.78, 5) is 11.8. The Morgan fingerprint density at radius 3 is 2.48 bits per heavy atom. The fourth-order valence-corrected chi connectivity index (χ4v) is 2.93. The second-order valence-electron chi connectivity index (χ2n) is 5.95. The van der Waals surface area contributed by atoms with E-state index in [-0.39, 0.29) is 17.8 Å². The fourth-order valence-electron chi connectivity index (χ4n) is 2.93. The summed E-state index contributed by atoms with van der Waals surface area (Å²) in [7, 11) is 0. The van der Waals surface area contributed by atoms with Gasteiger partial charge in [-0.1, -0.05) is 0 Å². The van der Waals surface area contributed by atoms with Gasteiger partial charge in [0.2, 0.25) is 5.91 Å². The van der Waals surface area contributed by atoms with Gasteiger partial charge in [0, 0.05) is 30.7 Å². The number of halogens is 2. The number of amides is 1. The summed E-state index contributed by atoms with van der Waals surface area (Å²) >= 11 is 0. The maximum atomic E-state index is 13.2. The minimum absolute atomic E-state index is 0.143. The predicted molar refractivity (Wildman–Crippen MR) is 72.7 cm³/mol. The highest BCUT2D eigenvalue weighted by molar-refractivity contribution is 5.85. The lowest BCUT2D eigenvalue weighted by Crippen LogP contribution is -2.55. The largest absolute Gasteiger partial charge is 0.490 e. The van der Waals surface area contributed by atoms with Crippen LogP contribution in [0.1, 0.15) is 32.1 Å². The lowest BCUT2D eigenvalue weighted by atomic mass is 9.96. The smallest absolute Gasteiger partial charge is 0.237 e. The number of carbonyl (C=O) groups is 1. The normalized spacial score (nSPS) is 28.6. The van der Waals surface area contributed by atoms with Gasteiger partial charge < -0.3 is 15.8 Å². The number of hydrogen-bond acceptors (Lipinski definition) is 3. The average molecular weight is 296 g/mol. The van der Waals surface area contributed by atoms with Crippen LogP contribution in [-0.4, -0.2) is 23.6 Å². The first-order valence-electron chi connectivity index (χ1n) is 7.17. The Kier molecular flexibility index (Phi) is 3.57. The van der Waals surface area contributed by atoms with Crippen molar-refractivity contribution < 1.29 is 18.3 Å². The number of nitrogens with one attached hydrogen (secondary N) is 1. The zero-order valence-corrected chi connectivity index (χ0v) is 11.6. The molecule has 0 heterocycles. The van der Waals surface area contributed by atoms with Gasteiger partial charge in [0.25, 0.3) is 0 Å². The Hall–Kier alpha value is -1.69. The molecule has 1 aromatic carbocycles. The molecule has 0 saturated heterocycles. The number of primary amides is 1. The molecule has 3 N–H and O–H groups in total. The van der Waals surface area contributed by atoms with Crippen LogP contribution in [0.3, 0.4) is 0 Å². The quantitative estimate of drug-likeness (QED) is 0.872. The third kappa shape index (κ3) is 3.15. The maximum Gasteiger partial charge on any atom is 0.237 e. The first-order chi connectivity index (χ1) is 9.97. The second-order valence-corrected chi connectivity index (χ2v) is 5.95. The summed E-state index contributed by atoms with van der Waals surface area (Å²) in [6.45, 7) is 0. The summed E-state index contributed by atoms with van der Waals surface area (Å²) in [5.74, 6) is -1.60. The third-order valence-corrected chi connectivity index (χ3v) is 4.14. The number of ether oxygens (including phenoxy) is 1. The zero-order valence-electron chi connectivity index (χ0n) is 11.6. The van der Waals surface area contributed by atoms with Crippen molar-refractivity contribution in [3.63, 3.8) is 0 Å². The maximum absolute atomic E-state index is 13.2. The molecular weight excluding hydrogens is 278 g/mol. The van der Waals surface area contributed by atoms with Crippen LogP contribution in [0.5, 0.6) is 5.75 Å². The van der Waals surface area contributed by atoms with Gasteiger partial charge in [-0.2, -0.15) is 0 Å². The number of rotatable bonds is 5. The first-order valence-corrected chi connectivity index (χ1v) is 7.17. The third-order valence-electron chi connectivity index (χ3n) is 4.14. The van der Waals surface area contributed by atoms with Crippen molar-refractivity contribution in [1.82, 2.24) is 5.32 Å². The number of carbonyl (C=O) groups excluding carboxylic acids is 1. The molecule has 2 aliphatic rings. The molecule has 0 aromatic heterocycles. The monoisotopic (exact) mass is 296 g/mol. The van der Waals surface area contributed by atoms with Crippen LogP contribution in [0.2, 0.25) is 0 Å². The molecule has 2 fully saturated rings. The van der Waals surface area contributed by atoms with E-state index in [4.69, 9.17) is 10.5 Å². The summed E-state index contributed by atoms with van der Waals surface area (Å²) in [6, 6.07) is 3.43. The molecule has 0 spiro atoms. The van der Waals surface area contributed by atoms with E-state index in [2.05, 4.69) is 5.32 Å². The van der Waals surface area contributed by atoms with Crippen molar-refractivity contribution in [2.24, 2.45) is 5.73 Å². The molecule has 3 rings (SSSR count). The van der Waals surface area contributed by atoms with E-state index in [0.29, 0.717) is 25.3 Å². The minimum Gasteiger partial charge on any atom is -0.490 e. The van der Waals surface area contributed by atoms with Crippen molar-refractivity contribution in [3.8, 4) is 5.75 Å². The van der Waals surface area contributed by atoms with Gasteiger partial charge in [-0.05, 0) is 25.7 Å². The highest BCUT2D eigenvalue weighted by atomic mass is 19.1. The molecule has 6 heteroatoms. The van der Waals surface area contributed by atoms with Crippen LogP contribution < -0.4 is 15.8 Å². The number of nitrogens with two attached hydrogens (primary N) is 1. The van der Waals surface area contributed by atoms with Crippen molar-refractivity contribution in [3.05, 3.63) is 29.8 Å². The van der Waals surface area contributed by atoms with E-state index in [1.165, 1.54) is 0 Å². The highest BCUT2D eigenvalue weighted by Crippen LogP contribution is 2.36. The lowest BCUT2D eigenvalue weighted by molar-refractivity contribution is -0.124. The van der Waals surface area contributed by atoms with E-state index < -0.39 is 17.2 Å². The Bertz CT molecular complexity index is 542. The lowest BCUT2D eigenvalue weighted by Gasteiger charge is -2.27. The summed E-state index contributed by atoms with van der Waals surface area (Å²) in [6.07, 6.45) is 3.47. The van der Waals surface area contributed by atoms with Crippen molar-refractivity contribution in [1.29, 1.82) is 0 Å². The Morgan fingerprint density at radius 1 is 1.24 bits per heavy atom. The van der Waals surface area contributed by atoms with Gasteiger partial charge in [0.15, 0.2) is 0 Å². The molecule has 2 saturated carbocycles. The van der Waals surface area contributed by atoms with E-state index in [1.807, 2.05) is 0 Å². The molecule has 1 aromatic rings. The molecule has 114 valence electrons. The minimum atomic E-state index is -0.752. The first kappa shape index (κ1) is 14.3. The SMILES string of the molecule is NC(=O)C1(NC2CC2)CCC(Oc2cc(F)cc(F)c2)C1. The molecule has 2 atom stereocenters. The standard InChI is InChI=1S/C15H18F2N2O2/c16-9-5-10(17)7-13(6-9)21-12-3-4-15(8-12,14(18)20)19-11-1-2-11/h5-7,11-12,19H,1-4,8H2,(H2,18,20). The molecule has 0 bridgehead atoms. The van der Waals surface area contributed by atoms with Crippen molar-refractivity contribution in [2.45, 2.75) is 49.8 Å². The van der Waals surface area contributed by atoms with Crippen LogP contribution in [0, 0.1) is 11.6 Å². The van der Waals surface area contributed by atoms with Crippen LogP contribution in [-0.2, 0) is 4.79 Å². The van der Waals surface area contributed by atoms with Gasteiger partial charge in [-0.3, -0.25) is 4.79 Å². The Morgan fingerprint density at radius 2 is 1.90 bits per heavy atom. The molecule has 2 aliphatic carbocycles. The molecule has 0 radical (unpaired) electrons.